The molecule has 1 fully saturated rings. The second-order valence-corrected chi connectivity index (χ2v) is 4.76. The topological polar surface area (TPSA) is 75.3 Å². The van der Waals surface area contributed by atoms with Gasteiger partial charge in [-0.3, -0.25) is 0 Å². The number of rotatable bonds is 2. The van der Waals surface area contributed by atoms with Gasteiger partial charge in [-0.25, -0.2) is 9.97 Å². The second-order valence-electron chi connectivity index (χ2n) is 4.76. The first-order valence-corrected chi connectivity index (χ1v) is 6.14. The number of hydrogen-bond donors (Lipinski definition) is 2. The molecule has 2 aromatic rings. The van der Waals surface area contributed by atoms with Crippen molar-refractivity contribution in [3.8, 4) is 0 Å². The van der Waals surface area contributed by atoms with Gasteiger partial charge in [0, 0.05) is 36.7 Å². The van der Waals surface area contributed by atoms with Crippen molar-refractivity contribution >= 4 is 22.4 Å². The summed E-state index contributed by atoms with van der Waals surface area (Å²) in [5.41, 5.74) is 7.45. The van der Waals surface area contributed by atoms with E-state index in [4.69, 9.17) is 5.73 Å². The standard InChI is InChI=1S/C13H16N4O/c14-10-1-2-12-11(5-10)13(16-8-15-12)17-4-3-9(6-17)7-18/h1-2,5,8-9,18H,3-4,6-7,14H2. The van der Waals surface area contributed by atoms with Gasteiger partial charge in [-0.1, -0.05) is 0 Å². The molecule has 2 heterocycles. The molecule has 1 aliphatic rings. The number of aliphatic hydroxyl groups excluding tert-OH is 1. The molecule has 3 N–H and O–H groups in total. The Morgan fingerprint density at radius 1 is 1.39 bits per heavy atom. The number of nitrogens with zero attached hydrogens (tertiary/aromatic N) is 3. The zero-order valence-electron chi connectivity index (χ0n) is 10.1. The number of hydrogen-bond acceptors (Lipinski definition) is 5. The van der Waals surface area contributed by atoms with E-state index in [1.165, 1.54) is 0 Å². The van der Waals surface area contributed by atoms with E-state index in [1.807, 2.05) is 18.2 Å². The zero-order valence-corrected chi connectivity index (χ0v) is 10.1. The summed E-state index contributed by atoms with van der Waals surface area (Å²) >= 11 is 0. The Morgan fingerprint density at radius 2 is 2.28 bits per heavy atom. The van der Waals surface area contributed by atoms with E-state index in [9.17, 15) is 5.11 Å². The molecule has 1 aromatic carbocycles. The van der Waals surface area contributed by atoms with Crippen LogP contribution in [-0.2, 0) is 0 Å². The van der Waals surface area contributed by atoms with Crippen molar-refractivity contribution in [3.05, 3.63) is 24.5 Å². The monoisotopic (exact) mass is 244 g/mol. The Balaban J connectivity index is 2.04. The summed E-state index contributed by atoms with van der Waals surface area (Å²) < 4.78 is 0. The third-order valence-electron chi connectivity index (χ3n) is 3.48. The van der Waals surface area contributed by atoms with Crippen LogP contribution in [0.5, 0.6) is 0 Å². The first-order chi connectivity index (χ1) is 8.78. The molecule has 1 aliphatic heterocycles. The highest BCUT2D eigenvalue weighted by Crippen LogP contribution is 2.28. The molecule has 5 heteroatoms. The molecule has 5 nitrogen and oxygen atoms in total. The maximum Gasteiger partial charge on any atom is 0.139 e. The smallest absolute Gasteiger partial charge is 0.139 e. The Kier molecular flexibility index (Phi) is 2.76. The number of nitrogen functional groups attached to an aromatic ring is 1. The van der Waals surface area contributed by atoms with Crippen molar-refractivity contribution in [2.24, 2.45) is 5.92 Å². The molecular weight excluding hydrogens is 228 g/mol. The molecule has 0 spiro atoms. The number of aliphatic hydroxyl groups is 1. The molecule has 1 unspecified atom stereocenters. The van der Waals surface area contributed by atoms with Gasteiger partial charge in [-0.2, -0.15) is 0 Å². The predicted molar refractivity (Wildman–Crippen MR) is 71.4 cm³/mol. The van der Waals surface area contributed by atoms with E-state index in [1.54, 1.807) is 6.33 Å². The van der Waals surface area contributed by atoms with Crippen molar-refractivity contribution in [2.45, 2.75) is 6.42 Å². The fourth-order valence-electron chi connectivity index (χ4n) is 2.49. The van der Waals surface area contributed by atoms with Gasteiger partial charge < -0.3 is 15.7 Å². The molecule has 0 bridgehead atoms. The Hall–Kier alpha value is -1.88. The van der Waals surface area contributed by atoms with E-state index in [2.05, 4.69) is 14.9 Å². The number of benzene rings is 1. The number of aromatic nitrogens is 2. The van der Waals surface area contributed by atoms with Crippen LogP contribution in [0, 0.1) is 5.92 Å². The van der Waals surface area contributed by atoms with Gasteiger partial charge in [0.15, 0.2) is 0 Å². The quantitative estimate of drug-likeness (QED) is 0.772. The van der Waals surface area contributed by atoms with E-state index in [0.29, 0.717) is 5.92 Å². The van der Waals surface area contributed by atoms with Crippen LogP contribution < -0.4 is 10.6 Å². The molecule has 3 rings (SSSR count). The predicted octanol–water partition coefficient (Wildman–Crippen LogP) is 1.03. The fraction of sp³-hybridized carbons (Fsp3) is 0.385. The second kappa shape index (κ2) is 4.42. The van der Waals surface area contributed by atoms with Gasteiger partial charge in [0.2, 0.25) is 0 Å². The van der Waals surface area contributed by atoms with Crippen LogP contribution in [0.4, 0.5) is 11.5 Å². The summed E-state index contributed by atoms with van der Waals surface area (Å²) in [6, 6.07) is 5.67. The minimum atomic E-state index is 0.238. The lowest BCUT2D eigenvalue weighted by atomic mass is 10.1. The first-order valence-electron chi connectivity index (χ1n) is 6.14. The third-order valence-corrected chi connectivity index (χ3v) is 3.48. The SMILES string of the molecule is Nc1ccc2ncnc(N3CCC(CO)C3)c2c1. The van der Waals surface area contributed by atoms with Crippen LogP contribution in [0.1, 0.15) is 6.42 Å². The summed E-state index contributed by atoms with van der Waals surface area (Å²) in [6.07, 6.45) is 2.59. The lowest BCUT2D eigenvalue weighted by molar-refractivity contribution is 0.238. The minimum Gasteiger partial charge on any atom is -0.399 e. The molecule has 0 radical (unpaired) electrons. The third kappa shape index (κ3) is 1.86. The molecule has 1 atom stereocenters. The largest absolute Gasteiger partial charge is 0.399 e. The Bertz CT molecular complexity index is 572. The molecule has 18 heavy (non-hydrogen) atoms. The maximum atomic E-state index is 9.21. The Morgan fingerprint density at radius 3 is 3.06 bits per heavy atom. The van der Waals surface area contributed by atoms with Crippen LogP contribution in [0.15, 0.2) is 24.5 Å². The lowest BCUT2D eigenvalue weighted by Crippen LogP contribution is -2.22. The highest BCUT2D eigenvalue weighted by molar-refractivity contribution is 5.91. The van der Waals surface area contributed by atoms with Crippen LogP contribution in [-0.4, -0.2) is 34.8 Å². The van der Waals surface area contributed by atoms with Crippen molar-refractivity contribution in [3.63, 3.8) is 0 Å². The molecule has 94 valence electrons. The average Bonchev–Trinajstić information content (AvgIpc) is 2.86. The summed E-state index contributed by atoms with van der Waals surface area (Å²) in [5, 5.41) is 10.2. The number of anilines is 2. The van der Waals surface area contributed by atoms with E-state index in [0.717, 1.165) is 41.9 Å². The van der Waals surface area contributed by atoms with Crippen molar-refractivity contribution in [1.82, 2.24) is 9.97 Å². The zero-order chi connectivity index (χ0) is 12.5. The van der Waals surface area contributed by atoms with Gasteiger partial charge in [0.25, 0.3) is 0 Å². The first kappa shape index (κ1) is 11.2. The van der Waals surface area contributed by atoms with Gasteiger partial charge >= 0.3 is 0 Å². The Labute approximate surface area is 105 Å². The molecule has 1 saturated heterocycles. The van der Waals surface area contributed by atoms with Crippen molar-refractivity contribution < 1.29 is 5.11 Å². The highest BCUT2D eigenvalue weighted by Gasteiger charge is 2.24. The van der Waals surface area contributed by atoms with E-state index >= 15 is 0 Å². The normalized spacial score (nSPS) is 19.6. The van der Waals surface area contributed by atoms with Crippen molar-refractivity contribution in [2.75, 3.05) is 30.3 Å². The summed E-state index contributed by atoms with van der Waals surface area (Å²) in [5.74, 6) is 1.26. The van der Waals surface area contributed by atoms with Crippen LogP contribution in [0.2, 0.25) is 0 Å². The average molecular weight is 244 g/mol. The fourth-order valence-corrected chi connectivity index (χ4v) is 2.49. The number of nitrogens with two attached hydrogens (primary N) is 1. The van der Waals surface area contributed by atoms with Gasteiger partial charge in [-0.05, 0) is 24.6 Å². The molecule has 1 aromatic heterocycles. The summed E-state index contributed by atoms with van der Waals surface area (Å²) in [4.78, 5) is 10.8. The minimum absolute atomic E-state index is 0.238. The molecule has 0 aliphatic carbocycles. The molecule has 0 saturated carbocycles. The lowest BCUT2D eigenvalue weighted by Gasteiger charge is -2.18. The van der Waals surface area contributed by atoms with E-state index < -0.39 is 0 Å². The van der Waals surface area contributed by atoms with E-state index in [-0.39, 0.29) is 6.61 Å². The molecule has 0 amide bonds. The van der Waals surface area contributed by atoms with Crippen LogP contribution >= 0.6 is 0 Å². The van der Waals surface area contributed by atoms with Gasteiger partial charge in [0.05, 0.1) is 5.52 Å². The maximum absolute atomic E-state index is 9.21. The summed E-state index contributed by atoms with van der Waals surface area (Å²) in [7, 11) is 0. The number of fused-ring (bicyclic) bond motifs is 1. The van der Waals surface area contributed by atoms with Crippen LogP contribution in [0.25, 0.3) is 10.9 Å². The molecular formula is C13H16N4O. The summed E-state index contributed by atoms with van der Waals surface area (Å²) in [6.45, 7) is 2.01. The highest BCUT2D eigenvalue weighted by atomic mass is 16.3. The van der Waals surface area contributed by atoms with Gasteiger partial charge in [0.1, 0.15) is 12.1 Å². The van der Waals surface area contributed by atoms with Crippen molar-refractivity contribution in [1.29, 1.82) is 0 Å². The van der Waals surface area contributed by atoms with Gasteiger partial charge in [-0.15, -0.1) is 0 Å². The van der Waals surface area contributed by atoms with Crippen LogP contribution in [0.3, 0.4) is 0 Å².